The molecule has 0 unspecified atom stereocenters. The first-order valence-electron chi connectivity index (χ1n) is 14.5. The Kier molecular flexibility index (Phi) is 6.48. The minimum absolute atomic E-state index is 0.0326. The Morgan fingerprint density at radius 1 is 0.756 bits per heavy atom. The monoisotopic (exact) mass is 607 g/mol. The van der Waals surface area contributed by atoms with Crippen molar-refractivity contribution in [3.63, 3.8) is 0 Å². The number of hydrogen-bond donors (Lipinski definition) is 2. The van der Waals surface area contributed by atoms with Gasteiger partial charge in [-0.1, -0.05) is 54.6 Å². The van der Waals surface area contributed by atoms with E-state index in [1.165, 1.54) is 4.90 Å². The van der Waals surface area contributed by atoms with Crippen LogP contribution in [0.15, 0.2) is 115 Å². The van der Waals surface area contributed by atoms with Gasteiger partial charge in [0, 0.05) is 45.9 Å². The van der Waals surface area contributed by atoms with Gasteiger partial charge in [0.1, 0.15) is 10.7 Å². The predicted octanol–water partition coefficient (Wildman–Crippen LogP) is 7.17. The van der Waals surface area contributed by atoms with E-state index in [4.69, 9.17) is 10.1 Å². The summed E-state index contributed by atoms with van der Waals surface area (Å²) in [6, 6.07) is 34.3. The van der Waals surface area contributed by atoms with E-state index >= 15 is 0 Å². The van der Waals surface area contributed by atoms with Gasteiger partial charge in [0.25, 0.3) is 11.8 Å². The van der Waals surface area contributed by atoms with Gasteiger partial charge in [0.2, 0.25) is 0 Å². The van der Waals surface area contributed by atoms with Gasteiger partial charge in [0.15, 0.2) is 0 Å². The number of carbonyl (C=O) groups excluding carboxylic acids is 2. The van der Waals surface area contributed by atoms with E-state index in [-0.39, 0.29) is 6.61 Å². The Bertz CT molecular complexity index is 2220. The molecule has 1 aliphatic heterocycles. The van der Waals surface area contributed by atoms with Crippen LogP contribution in [0.3, 0.4) is 0 Å². The van der Waals surface area contributed by atoms with Crippen molar-refractivity contribution in [2.24, 2.45) is 0 Å². The fourth-order valence-electron chi connectivity index (χ4n) is 5.91. The van der Waals surface area contributed by atoms with Gasteiger partial charge in [0.05, 0.1) is 33.8 Å². The highest BCUT2D eigenvalue weighted by atomic mass is 32.1. The van der Waals surface area contributed by atoms with E-state index in [0.717, 1.165) is 43.1 Å². The molecule has 5 aromatic carbocycles. The number of imide groups is 1. The van der Waals surface area contributed by atoms with Crippen LogP contribution in [0.4, 0.5) is 11.4 Å². The lowest BCUT2D eigenvalue weighted by Gasteiger charge is -2.28. The van der Waals surface area contributed by atoms with E-state index in [1.54, 1.807) is 29.5 Å². The number of aliphatic hydroxyl groups excluding tert-OH is 1. The molecule has 2 amide bonds. The third-order valence-corrected chi connectivity index (χ3v) is 9.04. The summed E-state index contributed by atoms with van der Waals surface area (Å²) in [5.74, 6) is -0.786. The number of thiazole rings is 1. The number of nitrogens with zero attached hydrogens (tertiary/aromatic N) is 4. The summed E-state index contributed by atoms with van der Waals surface area (Å²) in [5, 5.41) is 19.7. The number of para-hydroxylation sites is 2. The predicted molar refractivity (Wildman–Crippen MR) is 178 cm³/mol. The second-order valence-electron chi connectivity index (χ2n) is 10.7. The van der Waals surface area contributed by atoms with E-state index in [2.05, 4.69) is 11.4 Å². The molecule has 0 bridgehead atoms. The van der Waals surface area contributed by atoms with E-state index in [1.807, 2.05) is 95.8 Å². The van der Waals surface area contributed by atoms with Crippen LogP contribution in [-0.4, -0.2) is 44.8 Å². The molecule has 0 atom stereocenters. The molecule has 0 saturated carbocycles. The topological polar surface area (TPSA) is 100 Å². The standard InChI is InChI=1S/C36H25N5O3S/c42-19-18-37-29-17-16-27-32-25(29)12-7-13-26(32)35(43)41(36(27)44)24-11-6-8-22(20-24)33-28(21-40(39-33)23-9-2-1-3-10-23)34-38-30-14-4-5-15-31(30)45-34/h1-17,20-21,37,42H,18-19H2. The Balaban J connectivity index is 1.24. The van der Waals surface area contributed by atoms with Crippen LogP contribution in [0, 0.1) is 0 Å². The zero-order valence-corrected chi connectivity index (χ0v) is 24.7. The number of aliphatic hydroxyl groups is 1. The van der Waals surface area contributed by atoms with Crippen LogP contribution in [0.25, 0.3) is 48.5 Å². The maximum Gasteiger partial charge on any atom is 0.265 e. The highest BCUT2D eigenvalue weighted by Crippen LogP contribution is 2.40. The Morgan fingerprint density at radius 2 is 1.51 bits per heavy atom. The van der Waals surface area contributed by atoms with Gasteiger partial charge in [-0.25, -0.2) is 14.6 Å². The lowest BCUT2D eigenvalue weighted by Crippen LogP contribution is -2.40. The van der Waals surface area contributed by atoms with Crippen molar-refractivity contribution in [1.29, 1.82) is 0 Å². The van der Waals surface area contributed by atoms with Crippen LogP contribution in [0.1, 0.15) is 20.7 Å². The lowest BCUT2D eigenvalue weighted by molar-refractivity contribution is 0.0893. The fraction of sp³-hybridized carbons (Fsp3) is 0.0556. The molecule has 2 N–H and O–H groups in total. The summed E-state index contributed by atoms with van der Waals surface area (Å²) in [4.78, 5) is 34.1. The van der Waals surface area contributed by atoms with Gasteiger partial charge in [-0.3, -0.25) is 9.59 Å². The molecule has 3 heterocycles. The summed E-state index contributed by atoms with van der Waals surface area (Å²) >= 11 is 1.59. The quantitative estimate of drug-likeness (QED) is 0.186. The third kappa shape index (κ3) is 4.48. The molecule has 1 aliphatic rings. The zero-order chi connectivity index (χ0) is 30.5. The van der Waals surface area contributed by atoms with Crippen LogP contribution >= 0.6 is 11.3 Å². The first-order valence-corrected chi connectivity index (χ1v) is 15.3. The smallest absolute Gasteiger partial charge is 0.265 e. The molecule has 0 radical (unpaired) electrons. The first-order chi connectivity index (χ1) is 22.1. The summed E-state index contributed by atoms with van der Waals surface area (Å²) in [7, 11) is 0. The number of hydrogen-bond acceptors (Lipinski definition) is 7. The highest BCUT2D eigenvalue weighted by Gasteiger charge is 2.35. The van der Waals surface area contributed by atoms with Crippen LogP contribution in [0.2, 0.25) is 0 Å². The molecular formula is C36H25N5O3S. The molecule has 218 valence electrons. The van der Waals surface area contributed by atoms with Gasteiger partial charge in [-0.05, 0) is 54.6 Å². The van der Waals surface area contributed by atoms with Crippen LogP contribution < -0.4 is 10.2 Å². The summed E-state index contributed by atoms with van der Waals surface area (Å²) in [5.41, 5.74) is 6.23. The maximum atomic E-state index is 14.0. The molecule has 2 aromatic heterocycles. The fourth-order valence-corrected chi connectivity index (χ4v) is 6.89. The molecule has 9 heteroatoms. The number of aromatic nitrogens is 3. The van der Waals surface area contributed by atoms with E-state index < -0.39 is 11.8 Å². The molecule has 0 saturated heterocycles. The number of carbonyl (C=O) groups is 2. The van der Waals surface area contributed by atoms with Crippen LogP contribution in [0.5, 0.6) is 0 Å². The average molecular weight is 608 g/mol. The lowest BCUT2D eigenvalue weighted by atomic mass is 9.92. The maximum absolute atomic E-state index is 14.0. The average Bonchev–Trinajstić information content (AvgIpc) is 3.72. The summed E-state index contributed by atoms with van der Waals surface area (Å²) < 4.78 is 2.91. The van der Waals surface area contributed by atoms with Crippen molar-refractivity contribution >= 4 is 55.5 Å². The van der Waals surface area contributed by atoms with Gasteiger partial charge >= 0.3 is 0 Å². The normalized spacial score (nSPS) is 12.8. The van der Waals surface area contributed by atoms with Gasteiger partial charge in [-0.15, -0.1) is 11.3 Å². The minimum Gasteiger partial charge on any atom is -0.395 e. The molecule has 0 aliphatic carbocycles. The number of fused-ring (bicyclic) bond motifs is 1. The summed E-state index contributed by atoms with van der Waals surface area (Å²) in [6.07, 6.45) is 1.98. The van der Waals surface area contributed by atoms with Crippen LogP contribution in [-0.2, 0) is 0 Å². The van der Waals surface area contributed by atoms with Crippen molar-refractivity contribution in [1.82, 2.24) is 14.8 Å². The number of nitrogens with one attached hydrogen (secondary N) is 1. The van der Waals surface area contributed by atoms with E-state index in [9.17, 15) is 14.7 Å². The third-order valence-electron chi connectivity index (χ3n) is 7.97. The molecule has 45 heavy (non-hydrogen) atoms. The van der Waals surface area contributed by atoms with E-state index in [0.29, 0.717) is 34.4 Å². The number of benzene rings is 5. The van der Waals surface area contributed by atoms with Crippen molar-refractivity contribution in [2.75, 3.05) is 23.4 Å². The van der Waals surface area contributed by atoms with Crippen molar-refractivity contribution < 1.29 is 14.7 Å². The highest BCUT2D eigenvalue weighted by molar-refractivity contribution is 7.21. The Hall–Kier alpha value is -5.64. The van der Waals surface area contributed by atoms with Crippen molar-refractivity contribution in [3.05, 3.63) is 127 Å². The molecule has 8 rings (SSSR count). The molecule has 0 fully saturated rings. The Labute approximate surface area is 261 Å². The van der Waals surface area contributed by atoms with Gasteiger partial charge in [-0.2, -0.15) is 5.10 Å². The largest absolute Gasteiger partial charge is 0.395 e. The second kappa shape index (κ2) is 10.8. The molecule has 8 nitrogen and oxygen atoms in total. The molecular weight excluding hydrogens is 582 g/mol. The summed E-state index contributed by atoms with van der Waals surface area (Å²) in [6.45, 7) is 0.327. The first kappa shape index (κ1) is 26.9. The number of amides is 2. The van der Waals surface area contributed by atoms with Crippen molar-refractivity contribution in [3.8, 4) is 27.5 Å². The SMILES string of the molecule is O=C1c2cccc3c(NCCO)ccc(c23)C(=O)N1c1cccc(-c2nn(-c3ccccc3)cc2-c2nc3ccccc3s2)c1. The number of rotatable bonds is 7. The molecule has 0 spiro atoms. The Morgan fingerprint density at radius 3 is 2.33 bits per heavy atom. The zero-order valence-electron chi connectivity index (χ0n) is 23.8. The van der Waals surface area contributed by atoms with Gasteiger partial charge < -0.3 is 10.4 Å². The van der Waals surface area contributed by atoms with Crippen molar-refractivity contribution in [2.45, 2.75) is 0 Å². The number of anilines is 2. The molecule has 7 aromatic rings. The minimum atomic E-state index is -0.393. The second-order valence-corrected chi connectivity index (χ2v) is 11.7.